The predicted molar refractivity (Wildman–Crippen MR) is 100 cm³/mol. The zero-order valence-corrected chi connectivity index (χ0v) is 22.0. The van der Waals surface area contributed by atoms with E-state index >= 15 is 0 Å². The molecule has 2 aromatic carbocycles. The summed E-state index contributed by atoms with van der Waals surface area (Å²) in [6.45, 7) is 11.7. The third-order valence-electron chi connectivity index (χ3n) is 3.65. The minimum atomic E-state index is 0. The van der Waals surface area contributed by atoms with Crippen molar-refractivity contribution in [1.82, 2.24) is 0 Å². The first kappa shape index (κ1) is 27.6. The number of phenolic OH excluding ortho intramolecular Hbond substituents is 2. The van der Waals surface area contributed by atoms with E-state index in [1.807, 2.05) is 45.9 Å². The van der Waals surface area contributed by atoms with Gasteiger partial charge in [0.05, 0.1) is 5.02 Å². The van der Waals surface area contributed by atoms with Gasteiger partial charge in [0.25, 0.3) is 0 Å². The van der Waals surface area contributed by atoms with Gasteiger partial charge in [-0.2, -0.15) is 0 Å². The Balaban J connectivity index is 0. The zero-order chi connectivity index (χ0) is 19.0. The molecule has 0 fully saturated rings. The van der Waals surface area contributed by atoms with E-state index in [1.165, 1.54) is 0 Å². The van der Waals surface area contributed by atoms with Crippen molar-refractivity contribution in [2.75, 3.05) is 0 Å². The fourth-order valence-electron chi connectivity index (χ4n) is 2.29. The first-order valence-electron chi connectivity index (χ1n) is 7.58. The molecule has 0 amide bonds. The van der Waals surface area contributed by atoms with E-state index in [0.717, 1.165) is 51.3 Å². The second-order valence-electron chi connectivity index (χ2n) is 6.01. The summed E-state index contributed by atoms with van der Waals surface area (Å²) in [6.07, 6.45) is 0. The number of hydrogen-bond donors (Lipinski definition) is 2. The van der Waals surface area contributed by atoms with E-state index in [-0.39, 0.29) is 26.2 Å². The molecule has 6 heteroatoms. The second kappa shape index (κ2) is 13.5. The molecule has 0 heterocycles. The molecular formula is C19H25Cl2O2Zr2. The van der Waals surface area contributed by atoms with Gasteiger partial charge in [0.1, 0.15) is 11.5 Å². The molecular weight excluding hydrogens is 514 g/mol. The van der Waals surface area contributed by atoms with E-state index < -0.39 is 0 Å². The van der Waals surface area contributed by atoms with E-state index in [9.17, 15) is 10.2 Å². The molecule has 0 saturated carbocycles. The minimum Gasteiger partial charge on any atom is 0 e. The number of aromatic hydroxyl groups is 2. The normalized spacial score (nSPS) is 9.28. The molecule has 2 N–H and O–H groups in total. The van der Waals surface area contributed by atoms with Crippen LogP contribution in [0, 0.1) is 27.7 Å². The molecule has 0 unspecified atom stereocenters. The first-order chi connectivity index (χ1) is 11.1. The second-order valence-corrected chi connectivity index (χ2v) is 6.39. The van der Waals surface area contributed by atoms with Gasteiger partial charge in [-0.3, -0.25) is 0 Å². The largest absolute Gasteiger partial charge is 0 e. The third kappa shape index (κ3) is 8.74. The Kier molecular flexibility index (Phi) is 14.9. The number of halogens is 2. The fraction of sp³-hybridized carbons (Fsp3) is 0.368. The average Bonchev–Trinajstić information content (AvgIpc) is 2.53. The maximum Gasteiger partial charge on any atom is 0 e. The number of benzene rings is 2. The van der Waals surface area contributed by atoms with Crippen LogP contribution in [-0.4, -0.2) is 10.2 Å². The van der Waals surface area contributed by atoms with Crippen LogP contribution in [0.4, 0.5) is 0 Å². The molecule has 0 saturated heterocycles. The number of rotatable bonds is 1. The van der Waals surface area contributed by atoms with Crippen molar-refractivity contribution >= 4 is 20.1 Å². The molecule has 0 aliphatic rings. The van der Waals surface area contributed by atoms with E-state index in [0.29, 0.717) is 22.4 Å². The maximum atomic E-state index is 9.46. The molecule has 2 aromatic rings. The summed E-state index contributed by atoms with van der Waals surface area (Å²) < 4.78 is 0. The fourth-order valence-corrected chi connectivity index (χ4v) is 2.44. The summed E-state index contributed by atoms with van der Waals surface area (Å²) in [5.41, 5.74) is 4.79. The van der Waals surface area contributed by atoms with Crippen molar-refractivity contribution < 1.29 is 59.9 Å². The molecule has 0 bridgehead atoms. The molecule has 0 radical (unpaired) electrons. The molecule has 0 atom stereocenters. The SMILES string of the molecule is Cc1cc(C)c(Cl)c(C)c1O.Cc1ccc(C(C)C)c(O)c1.[Cl][Zr].[Zr]. The standard InChI is InChI=1S/C10H14O.C9H11ClO.ClH.2Zr/c1-7(2)9-5-4-8(3)6-10(9)11;1-5-4-6(2)9(11)7(3)8(5)10;;;/h4-7,11H,1-3H3;4,11H,1-3H3;1H;;/q;;;;+1/p-1. The number of phenols is 2. The molecule has 0 aliphatic heterocycles. The topological polar surface area (TPSA) is 40.5 Å². The van der Waals surface area contributed by atoms with Gasteiger partial charge >= 0.3 is 32.0 Å². The predicted octanol–water partition coefficient (Wildman–Crippen LogP) is 6.48. The molecule has 0 spiro atoms. The Morgan fingerprint density at radius 1 is 0.920 bits per heavy atom. The summed E-state index contributed by atoms with van der Waals surface area (Å²) >= 11 is 6.92. The van der Waals surface area contributed by atoms with Crippen molar-refractivity contribution in [3.63, 3.8) is 0 Å². The first-order valence-corrected chi connectivity index (χ1v) is 11.1. The zero-order valence-electron chi connectivity index (χ0n) is 15.5. The van der Waals surface area contributed by atoms with Crippen LogP contribution < -0.4 is 0 Å². The Hall–Kier alpha value is 0.386. The van der Waals surface area contributed by atoms with Crippen molar-refractivity contribution in [2.45, 2.75) is 47.5 Å². The van der Waals surface area contributed by atoms with Crippen LogP contribution in [0.25, 0.3) is 0 Å². The van der Waals surface area contributed by atoms with Gasteiger partial charge in [-0.15, -0.1) is 0 Å². The third-order valence-corrected chi connectivity index (χ3v) is 4.23. The van der Waals surface area contributed by atoms with Gasteiger partial charge < -0.3 is 10.2 Å². The van der Waals surface area contributed by atoms with Gasteiger partial charge in [-0.1, -0.05) is 43.6 Å². The molecule has 0 aromatic heterocycles. The van der Waals surface area contributed by atoms with Crippen molar-refractivity contribution in [2.24, 2.45) is 0 Å². The van der Waals surface area contributed by atoms with E-state index in [1.54, 1.807) is 6.07 Å². The van der Waals surface area contributed by atoms with Crippen LogP contribution in [0.1, 0.15) is 47.6 Å². The van der Waals surface area contributed by atoms with Gasteiger partial charge in [0.2, 0.25) is 0 Å². The maximum absolute atomic E-state index is 9.46. The molecule has 2 nitrogen and oxygen atoms in total. The Labute approximate surface area is 194 Å². The van der Waals surface area contributed by atoms with Crippen LogP contribution in [0.5, 0.6) is 11.5 Å². The molecule has 135 valence electrons. The van der Waals surface area contributed by atoms with Crippen LogP contribution in [0.2, 0.25) is 5.02 Å². The minimum absolute atomic E-state index is 0. The summed E-state index contributed by atoms with van der Waals surface area (Å²) in [5.74, 6) is 1.12. The summed E-state index contributed by atoms with van der Waals surface area (Å²) in [4.78, 5) is 0. The summed E-state index contributed by atoms with van der Waals surface area (Å²) in [6, 6.07) is 7.68. The quantitative estimate of drug-likeness (QED) is 0.436. The summed E-state index contributed by atoms with van der Waals surface area (Å²) in [5, 5.41) is 19.5. The molecule has 25 heavy (non-hydrogen) atoms. The number of aryl methyl sites for hydroxylation is 3. The smallest absolute Gasteiger partial charge is 0 e. The molecule has 2 rings (SSSR count). The Bertz CT molecular complexity index is 649. The monoisotopic (exact) mass is 535 g/mol. The average molecular weight is 539 g/mol. The summed E-state index contributed by atoms with van der Waals surface area (Å²) in [7, 11) is 4.73. The van der Waals surface area contributed by atoms with Crippen molar-refractivity contribution in [3.05, 3.63) is 57.1 Å². The van der Waals surface area contributed by atoms with Crippen LogP contribution in [-0.2, 0) is 49.7 Å². The van der Waals surface area contributed by atoms with Crippen LogP contribution in [0.3, 0.4) is 0 Å². The van der Waals surface area contributed by atoms with Crippen LogP contribution in [0.15, 0.2) is 24.3 Å². The molecule has 0 aliphatic carbocycles. The van der Waals surface area contributed by atoms with Gasteiger partial charge in [0.15, 0.2) is 0 Å². The Morgan fingerprint density at radius 2 is 1.44 bits per heavy atom. The van der Waals surface area contributed by atoms with Crippen LogP contribution >= 0.6 is 20.1 Å². The Morgan fingerprint density at radius 3 is 1.88 bits per heavy atom. The van der Waals surface area contributed by atoms with E-state index in [4.69, 9.17) is 20.1 Å². The van der Waals surface area contributed by atoms with E-state index in [2.05, 4.69) is 13.8 Å². The van der Waals surface area contributed by atoms with Crippen molar-refractivity contribution in [3.8, 4) is 11.5 Å². The van der Waals surface area contributed by atoms with Crippen molar-refractivity contribution in [1.29, 1.82) is 0 Å². The van der Waals surface area contributed by atoms with Gasteiger partial charge in [0, 0.05) is 31.8 Å². The van der Waals surface area contributed by atoms with Gasteiger partial charge in [-0.25, -0.2) is 0 Å². The number of hydrogen-bond acceptors (Lipinski definition) is 2. The van der Waals surface area contributed by atoms with Gasteiger partial charge in [-0.05, 0) is 61.9 Å².